The summed E-state index contributed by atoms with van der Waals surface area (Å²) in [6, 6.07) is 6.62. The van der Waals surface area contributed by atoms with Gasteiger partial charge in [-0.1, -0.05) is 17.7 Å². The largest absolute Gasteiger partial charge is 0.417 e. The van der Waals surface area contributed by atoms with Gasteiger partial charge in [-0.3, -0.25) is 9.71 Å². The smallest absolute Gasteiger partial charge is 0.282 e. The molecule has 1 heterocycles. The number of nitriles is 1. The molecule has 0 saturated carbocycles. The SMILES string of the molecule is CCS(=O)(=O)Nc1cc(-c2ncc(C(F)(F)F)cc2Cl)ccc1C#N. The van der Waals surface area contributed by atoms with Gasteiger partial charge in [0.2, 0.25) is 10.0 Å². The van der Waals surface area contributed by atoms with E-state index in [9.17, 15) is 21.6 Å². The summed E-state index contributed by atoms with van der Waals surface area (Å²) in [6.07, 6.45) is -3.95. The first-order valence-corrected chi connectivity index (χ1v) is 8.88. The Kier molecular flexibility index (Phi) is 5.25. The van der Waals surface area contributed by atoms with Crippen molar-refractivity contribution in [3.8, 4) is 17.3 Å². The van der Waals surface area contributed by atoms with Crippen LogP contribution in [0.5, 0.6) is 0 Å². The van der Waals surface area contributed by atoms with Gasteiger partial charge in [0, 0.05) is 11.8 Å². The number of pyridine rings is 1. The van der Waals surface area contributed by atoms with E-state index in [-0.39, 0.29) is 33.3 Å². The zero-order chi connectivity index (χ0) is 18.8. The highest BCUT2D eigenvalue weighted by Gasteiger charge is 2.31. The first kappa shape index (κ1) is 19.0. The Morgan fingerprint density at radius 3 is 2.52 bits per heavy atom. The van der Waals surface area contributed by atoms with E-state index in [2.05, 4.69) is 9.71 Å². The molecule has 10 heteroatoms. The highest BCUT2D eigenvalue weighted by molar-refractivity contribution is 7.92. The van der Waals surface area contributed by atoms with Crippen molar-refractivity contribution in [2.45, 2.75) is 13.1 Å². The van der Waals surface area contributed by atoms with E-state index in [0.717, 1.165) is 6.07 Å². The van der Waals surface area contributed by atoms with Gasteiger partial charge in [-0.2, -0.15) is 18.4 Å². The van der Waals surface area contributed by atoms with Crippen LogP contribution in [-0.4, -0.2) is 19.2 Å². The maximum atomic E-state index is 12.7. The first-order chi connectivity index (χ1) is 11.6. The van der Waals surface area contributed by atoms with Crippen LogP contribution in [0.2, 0.25) is 5.02 Å². The molecule has 0 spiro atoms. The molecule has 0 radical (unpaired) electrons. The van der Waals surface area contributed by atoms with E-state index in [4.69, 9.17) is 16.9 Å². The van der Waals surface area contributed by atoms with Crippen molar-refractivity contribution in [2.24, 2.45) is 0 Å². The summed E-state index contributed by atoms with van der Waals surface area (Å²) in [5.74, 6) is -0.207. The third-order valence-corrected chi connectivity index (χ3v) is 4.81. The number of halogens is 4. The van der Waals surface area contributed by atoms with E-state index >= 15 is 0 Å². The van der Waals surface area contributed by atoms with Gasteiger partial charge in [0.25, 0.3) is 0 Å². The number of nitrogens with one attached hydrogen (secondary N) is 1. The first-order valence-electron chi connectivity index (χ1n) is 6.85. The fourth-order valence-electron chi connectivity index (χ4n) is 1.92. The zero-order valence-electron chi connectivity index (χ0n) is 12.7. The number of sulfonamides is 1. The predicted octanol–water partition coefficient (Wildman–Crippen LogP) is 4.05. The molecular formula is C15H11ClF3N3O2S. The minimum Gasteiger partial charge on any atom is -0.282 e. The van der Waals surface area contributed by atoms with Gasteiger partial charge in [-0.15, -0.1) is 0 Å². The van der Waals surface area contributed by atoms with Crippen molar-refractivity contribution in [2.75, 3.05) is 10.5 Å². The molecule has 25 heavy (non-hydrogen) atoms. The molecule has 132 valence electrons. The third kappa shape index (κ3) is 4.41. The van der Waals surface area contributed by atoms with Gasteiger partial charge >= 0.3 is 6.18 Å². The van der Waals surface area contributed by atoms with E-state index in [1.807, 2.05) is 6.07 Å². The van der Waals surface area contributed by atoms with Gasteiger partial charge < -0.3 is 0 Å². The number of anilines is 1. The zero-order valence-corrected chi connectivity index (χ0v) is 14.3. The molecule has 1 aromatic carbocycles. The van der Waals surface area contributed by atoms with Crippen LogP contribution < -0.4 is 4.72 Å². The summed E-state index contributed by atoms with van der Waals surface area (Å²) in [6.45, 7) is 1.42. The van der Waals surface area contributed by atoms with E-state index in [0.29, 0.717) is 6.20 Å². The lowest BCUT2D eigenvalue weighted by atomic mass is 10.1. The second-order valence-electron chi connectivity index (χ2n) is 4.93. The van der Waals surface area contributed by atoms with Crippen molar-refractivity contribution in [3.05, 3.63) is 46.6 Å². The second kappa shape index (κ2) is 6.90. The van der Waals surface area contributed by atoms with Crippen LogP contribution in [0.15, 0.2) is 30.5 Å². The Labute approximate surface area is 147 Å². The molecule has 2 rings (SSSR count). The number of alkyl halides is 3. The average Bonchev–Trinajstić information content (AvgIpc) is 2.53. The van der Waals surface area contributed by atoms with Gasteiger partial charge in [0.15, 0.2) is 0 Å². The van der Waals surface area contributed by atoms with Crippen molar-refractivity contribution in [3.63, 3.8) is 0 Å². The molecule has 0 aliphatic heterocycles. The molecule has 0 atom stereocenters. The van der Waals surface area contributed by atoms with Gasteiger partial charge in [0.1, 0.15) is 6.07 Å². The van der Waals surface area contributed by atoms with Crippen molar-refractivity contribution < 1.29 is 21.6 Å². The lowest BCUT2D eigenvalue weighted by Crippen LogP contribution is -2.15. The Hall–Kier alpha value is -2.31. The predicted molar refractivity (Wildman–Crippen MR) is 87.5 cm³/mol. The van der Waals surface area contributed by atoms with Crippen LogP contribution in [0.4, 0.5) is 18.9 Å². The Morgan fingerprint density at radius 2 is 2.00 bits per heavy atom. The molecule has 5 nitrogen and oxygen atoms in total. The molecule has 1 aromatic heterocycles. The van der Waals surface area contributed by atoms with Crippen LogP contribution in [0.3, 0.4) is 0 Å². The number of hydrogen-bond acceptors (Lipinski definition) is 4. The number of aromatic nitrogens is 1. The molecule has 0 aliphatic rings. The molecule has 0 bridgehead atoms. The molecule has 2 aromatic rings. The summed E-state index contributed by atoms with van der Waals surface area (Å²) in [4.78, 5) is 3.72. The van der Waals surface area contributed by atoms with Crippen LogP contribution in [-0.2, 0) is 16.2 Å². The van der Waals surface area contributed by atoms with Crippen molar-refractivity contribution in [1.29, 1.82) is 5.26 Å². The van der Waals surface area contributed by atoms with Gasteiger partial charge in [-0.25, -0.2) is 8.42 Å². The highest BCUT2D eigenvalue weighted by atomic mass is 35.5. The number of hydrogen-bond donors (Lipinski definition) is 1. The normalized spacial score (nSPS) is 11.8. The Balaban J connectivity index is 2.53. The third-order valence-electron chi connectivity index (χ3n) is 3.23. The van der Waals surface area contributed by atoms with Crippen molar-refractivity contribution in [1.82, 2.24) is 4.98 Å². The molecular weight excluding hydrogens is 379 g/mol. The highest BCUT2D eigenvalue weighted by Crippen LogP contribution is 2.35. The quantitative estimate of drug-likeness (QED) is 0.854. The van der Waals surface area contributed by atoms with Crippen molar-refractivity contribution >= 4 is 27.3 Å². The van der Waals surface area contributed by atoms with Crippen LogP contribution in [0.1, 0.15) is 18.1 Å². The standard InChI is InChI=1S/C15H11ClF3N3O2S/c1-2-25(23,24)22-13-5-9(3-4-10(13)7-20)14-12(16)6-11(8-21-14)15(17,18)19/h3-6,8,22H,2H2,1H3. The molecule has 0 saturated heterocycles. The molecule has 0 aliphatic carbocycles. The van der Waals surface area contributed by atoms with E-state index in [1.54, 1.807) is 0 Å². The monoisotopic (exact) mass is 389 g/mol. The Morgan fingerprint density at radius 1 is 1.32 bits per heavy atom. The van der Waals surface area contributed by atoms with Crippen LogP contribution in [0.25, 0.3) is 11.3 Å². The molecule has 0 amide bonds. The average molecular weight is 390 g/mol. The van der Waals surface area contributed by atoms with E-state index in [1.165, 1.54) is 25.1 Å². The van der Waals surface area contributed by atoms with E-state index < -0.39 is 21.8 Å². The fourth-order valence-corrected chi connectivity index (χ4v) is 2.84. The minimum absolute atomic E-state index is 0.000357. The molecule has 1 N–H and O–H groups in total. The van der Waals surface area contributed by atoms with Gasteiger partial charge in [0.05, 0.1) is 33.3 Å². The lowest BCUT2D eigenvalue weighted by Gasteiger charge is -2.12. The minimum atomic E-state index is -4.58. The Bertz CT molecular complexity index is 953. The second-order valence-corrected chi connectivity index (χ2v) is 7.35. The summed E-state index contributed by atoms with van der Waals surface area (Å²) >= 11 is 5.89. The summed E-state index contributed by atoms with van der Waals surface area (Å²) in [7, 11) is -3.64. The van der Waals surface area contributed by atoms with Crippen LogP contribution in [0, 0.1) is 11.3 Å². The maximum Gasteiger partial charge on any atom is 0.417 e. The molecule has 0 unspecified atom stereocenters. The number of nitrogens with zero attached hydrogens (tertiary/aromatic N) is 2. The summed E-state index contributed by atoms with van der Waals surface area (Å²) < 4.78 is 63.7. The number of benzene rings is 1. The fraction of sp³-hybridized carbons (Fsp3) is 0.200. The van der Waals surface area contributed by atoms with Gasteiger partial charge in [-0.05, 0) is 25.1 Å². The maximum absolute atomic E-state index is 12.7. The lowest BCUT2D eigenvalue weighted by molar-refractivity contribution is -0.137. The number of rotatable bonds is 4. The topological polar surface area (TPSA) is 82.8 Å². The summed E-state index contributed by atoms with van der Waals surface area (Å²) in [5, 5.41) is 8.83. The van der Waals surface area contributed by atoms with Crippen LogP contribution >= 0.6 is 11.6 Å². The summed E-state index contributed by atoms with van der Waals surface area (Å²) in [5.41, 5.74) is -0.632. The molecule has 0 fully saturated rings.